The van der Waals surface area contributed by atoms with Gasteiger partial charge in [0.2, 0.25) is 11.8 Å². The van der Waals surface area contributed by atoms with Crippen LogP contribution in [0.5, 0.6) is 0 Å². The second-order valence-corrected chi connectivity index (χ2v) is 11.1. The zero-order chi connectivity index (χ0) is 28.1. The van der Waals surface area contributed by atoms with Crippen molar-refractivity contribution < 1.29 is 32.8 Å². The number of fused-ring (bicyclic) bond motifs is 1. The average Bonchev–Trinajstić information content (AvgIpc) is 3.48. The second kappa shape index (κ2) is 13.2. The van der Waals surface area contributed by atoms with E-state index in [1.165, 1.54) is 4.90 Å². The summed E-state index contributed by atoms with van der Waals surface area (Å²) in [6, 6.07) is -2.14. The summed E-state index contributed by atoms with van der Waals surface area (Å²) in [6.07, 6.45) is 3.86. The zero-order valence-corrected chi connectivity index (χ0v) is 22.9. The number of carbonyl (C=O) groups is 5. The smallest absolute Gasteiger partial charge is 0.291 e. The number of amides is 5. The molecule has 38 heavy (non-hydrogen) atoms. The zero-order valence-electron chi connectivity index (χ0n) is 21.4. The molecule has 0 radical (unpaired) electrons. The lowest BCUT2D eigenvalue weighted by molar-refractivity contribution is -0.150. The highest BCUT2D eigenvalue weighted by atomic mass is 35.5. The number of rotatable bonds is 9. The largest absolute Gasteiger partial charge is 0.356 e. The van der Waals surface area contributed by atoms with Crippen molar-refractivity contribution in [3.8, 4) is 0 Å². The van der Waals surface area contributed by atoms with Crippen molar-refractivity contribution in [2.45, 2.75) is 75.7 Å². The number of piperidine rings is 1. The maximum Gasteiger partial charge on any atom is 0.291 e. The van der Waals surface area contributed by atoms with E-state index in [-0.39, 0.29) is 30.8 Å². The molecule has 0 aromatic heterocycles. The van der Waals surface area contributed by atoms with Gasteiger partial charge in [-0.2, -0.15) is 0 Å². The molecule has 14 heteroatoms. The van der Waals surface area contributed by atoms with E-state index in [1.54, 1.807) is 13.8 Å². The standard InChI is InChI=1S/C24H35Cl2F2N5O5/c1-3-12(2)16(30-22(36)18(25)27)23(37)32-10-13-6-4-8-15(13)17(32)21(35)31-33(24(38)19(26)28)11-14-7-5-9-29-20(14)34/h12-19H,3-11H2,1-2H3,(H,29,34)(H,30,36)(H,31,35)/t12-,13-,14-,15-,16-,17-,18-,19-/m0/s1. The van der Waals surface area contributed by atoms with Crippen molar-refractivity contribution in [2.75, 3.05) is 19.6 Å². The summed E-state index contributed by atoms with van der Waals surface area (Å²) in [5.41, 5.74) is -2.36. The molecule has 2 aliphatic heterocycles. The summed E-state index contributed by atoms with van der Waals surface area (Å²) < 4.78 is 27.3. The van der Waals surface area contributed by atoms with Crippen molar-refractivity contribution in [3.63, 3.8) is 0 Å². The number of hydrogen-bond acceptors (Lipinski definition) is 5. The van der Waals surface area contributed by atoms with Crippen LogP contribution in [0, 0.1) is 23.7 Å². The van der Waals surface area contributed by atoms with E-state index < -0.39 is 58.8 Å². The molecule has 0 unspecified atom stereocenters. The number of halogens is 4. The minimum atomic E-state index is -2.45. The van der Waals surface area contributed by atoms with E-state index in [0.717, 1.165) is 17.9 Å². The Bertz CT molecular complexity index is 927. The molecule has 3 fully saturated rings. The summed E-state index contributed by atoms with van der Waals surface area (Å²) in [7, 11) is 0. The van der Waals surface area contributed by atoms with Gasteiger partial charge in [-0.25, -0.2) is 13.8 Å². The minimum Gasteiger partial charge on any atom is -0.356 e. The van der Waals surface area contributed by atoms with Gasteiger partial charge >= 0.3 is 0 Å². The van der Waals surface area contributed by atoms with Crippen LogP contribution in [-0.4, -0.2) is 82.4 Å². The molecule has 3 N–H and O–H groups in total. The van der Waals surface area contributed by atoms with E-state index in [4.69, 9.17) is 23.2 Å². The number of alkyl halides is 4. The van der Waals surface area contributed by atoms with Gasteiger partial charge < -0.3 is 15.5 Å². The maximum absolute atomic E-state index is 13.8. The number of nitrogens with one attached hydrogen (secondary N) is 3. The van der Waals surface area contributed by atoms with Gasteiger partial charge in [0.25, 0.3) is 29.0 Å². The van der Waals surface area contributed by atoms with Crippen LogP contribution in [-0.2, 0) is 24.0 Å². The maximum atomic E-state index is 13.8. The van der Waals surface area contributed by atoms with Crippen molar-refractivity contribution in [1.29, 1.82) is 0 Å². The first-order chi connectivity index (χ1) is 18.0. The average molecular weight is 582 g/mol. The molecular formula is C24H35Cl2F2N5O5. The number of nitrogens with zero attached hydrogens (tertiary/aromatic N) is 2. The first-order valence-electron chi connectivity index (χ1n) is 13.0. The third kappa shape index (κ3) is 6.86. The van der Waals surface area contributed by atoms with Crippen LogP contribution >= 0.6 is 23.2 Å². The number of hydrazine groups is 1. The van der Waals surface area contributed by atoms with Crippen molar-refractivity contribution in [2.24, 2.45) is 23.7 Å². The van der Waals surface area contributed by atoms with Gasteiger partial charge in [0.15, 0.2) is 0 Å². The highest BCUT2D eigenvalue weighted by Crippen LogP contribution is 2.42. The Hall–Kier alpha value is -2.21. The first-order valence-corrected chi connectivity index (χ1v) is 13.9. The number of carbonyl (C=O) groups excluding carboxylic acids is 5. The molecular weight excluding hydrogens is 547 g/mol. The molecule has 10 nitrogen and oxygen atoms in total. The van der Waals surface area contributed by atoms with Gasteiger partial charge in [0, 0.05) is 13.1 Å². The first kappa shape index (κ1) is 30.3. The van der Waals surface area contributed by atoms with Gasteiger partial charge in [-0.1, -0.05) is 49.9 Å². The van der Waals surface area contributed by atoms with Crippen LogP contribution in [0.3, 0.4) is 0 Å². The Morgan fingerprint density at radius 3 is 2.45 bits per heavy atom. The predicted molar refractivity (Wildman–Crippen MR) is 135 cm³/mol. The fourth-order valence-electron chi connectivity index (χ4n) is 5.68. The van der Waals surface area contributed by atoms with Crippen LogP contribution in [0.15, 0.2) is 0 Å². The molecule has 0 bridgehead atoms. The van der Waals surface area contributed by atoms with Gasteiger partial charge in [0.1, 0.15) is 12.1 Å². The Balaban J connectivity index is 1.85. The molecule has 1 saturated carbocycles. The van der Waals surface area contributed by atoms with Crippen LogP contribution in [0.4, 0.5) is 8.78 Å². The quantitative estimate of drug-likeness (QED) is 0.281. The van der Waals surface area contributed by atoms with Crippen LogP contribution in [0.2, 0.25) is 0 Å². The summed E-state index contributed by atoms with van der Waals surface area (Å²) in [5.74, 6) is -5.24. The summed E-state index contributed by atoms with van der Waals surface area (Å²) in [4.78, 5) is 65.5. The molecule has 1 aliphatic carbocycles. The molecule has 0 aromatic rings. The van der Waals surface area contributed by atoms with E-state index in [9.17, 15) is 32.8 Å². The van der Waals surface area contributed by atoms with Crippen LogP contribution in [0.25, 0.3) is 0 Å². The Morgan fingerprint density at radius 1 is 1.13 bits per heavy atom. The van der Waals surface area contributed by atoms with E-state index in [2.05, 4.69) is 16.1 Å². The lowest BCUT2D eigenvalue weighted by atomic mass is 9.93. The lowest BCUT2D eigenvalue weighted by Crippen LogP contribution is -2.60. The predicted octanol–water partition coefficient (Wildman–Crippen LogP) is 1.60. The highest BCUT2D eigenvalue weighted by molar-refractivity contribution is 6.30. The molecule has 8 atom stereocenters. The van der Waals surface area contributed by atoms with Crippen LogP contribution < -0.4 is 16.1 Å². The Morgan fingerprint density at radius 2 is 1.84 bits per heavy atom. The van der Waals surface area contributed by atoms with Crippen molar-refractivity contribution in [1.82, 2.24) is 26.0 Å². The molecule has 0 spiro atoms. The van der Waals surface area contributed by atoms with Crippen molar-refractivity contribution in [3.05, 3.63) is 0 Å². The molecule has 2 heterocycles. The third-order valence-corrected chi connectivity index (χ3v) is 8.30. The fraction of sp³-hybridized carbons (Fsp3) is 0.792. The van der Waals surface area contributed by atoms with E-state index >= 15 is 0 Å². The molecule has 3 rings (SSSR count). The number of likely N-dealkylation sites (tertiary alicyclic amines) is 1. The van der Waals surface area contributed by atoms with Gasteiger partial charge in [0.05, 0.1) is 12.5 Å². The number of hydrogen-bond donors (Lipinski definition) is 3. The highest BCUT2D eigenvalue weighted by Gasteiger charge is 2.51. The van der Waals surface area contributed by atoms with E-state index in [0.29, 0.717) is 32.2 Å². The third-order valence-electron chi connectivity index (χ3n) is 7.92. The van der Waals surface area contributed by atoms with Crippen LogP contribution in [0.1, 0.15) is 52.4 Å². The minimum absolute atomic E-state index is 0.0140. The Kier molecular flexibility index (Phi) is 10.6. The molecule has 3 aliphatic rings. The van der Waals surface area contributed by atoms with Gasteiger partial charge in [-0.3, -0.25) is 29.4 Å². The Labute approximate surface area is 230 Å². The molecule has 0 aromatic carbocycles. The molecule has 5 amide bonds. The summed E-state index contributed by atoms with van der Waals surface area (Å²) in [6.45, 7) is 3.97. The van der Waals surface area contributed by atoms with Crippen molar-refractivity contribution >= 4 is 52.7 Å². The summed E-state index contributed by atoms with van der Waals surface area (Å²) in [5, 5.41) is 5.75. The van der Waals surface area contributed by atoms with Gasteiger partial charge in [-0.15, -0.1) is 0 Å². The second-order valence-electron chi connectivity index (χ2n) is 10.3. The molecule has 2 saturated heterocycles. The lowest BCUT2D eigenvalue weighted by Gasteiger charge is -2.35. The SMILES string of the molecule is CC[C@H](C)[C@H](NC(=O)[C@H](F)Cl)C(=O)N1C[C@@H]2CCC[C@@H]2[C@H]1C(=O)NN(C[C@@H]1CCCNC1=O)C(=O)[C@H](F)Cl. The normalized spacial score (nSPS) is 27.9. The fourth-order valence-corrected chi connectivity index (χ4v) is 5.86. The monoisotopic (exact) mass is 581 g/mol. The summed E-state index contributed by atoms with van der Waals surface area (Å²) >= 11 is 10.7. The van der Waals surface area contributed by atoms with Gasteiger partial charge in [-0.05, 0) is 43.4 Å². The topological polar surface area (TPSA) is 128 Å². The van der Waals surface area contributed by atoms with E-state index in [1.807, 2.05) is 0 Å². The molecule has 214 valence electrons.